The van der Waals surface area contributed by atoms with Crippen molar-refractivity contribution in [2.75, 3.05) is 6.54 Å². The van der Waals surface area contributed by atoms with Gasteiger partial charge in [0.25, 0.3) is 0 Å². The molecular formula is C19H21ClFN3O. The second kappa shape index (κ2) is 7.10. The zero-order chi connectivity index (χ0) is 16.6. The van der Waals surface area contributed by atoms with Gasteiger partial charge >= 0.3 is 0 Å². The van der Waals surface area contributed by atoms with Crippen LogP contribution in [0.4, 0.5) is 4.39 Å². The topological polar surface area (TPSA) is 54.0 Å². The van der Waals surface area contributed by atoms with Gasteiger partial charge in [0, 0.05) is 12.7 Å². The SMILES string of the molecule is Cl.O=C1NCCC[C@@]12CC[C@@H](c1cc(-c3ccc(F)cc3)ccn1)N2. The molecule has 1 aromatic carbocycles. The lowest BCUT2D eigenvalue weighted by molar-refractivity contribution is -0.129. The van der Waals surface area contributed by atoms with Crippen LogP contribution in [0.25, 0.3) is 11.1 Å². The van der Waals surface area contributed by atoms with Gasteiger partial charge in [-0.15, -0.1) is 12.4 Å². The summed E-state index contributed by atoms with van der Waals surface area (Å²) in [5.41, 5.74) is 2.47. The molecule has 2 aromatic rings. The third kappa shape index (κ3) is 3.39. The normalized spacial score (nSPS) is 25.5. The van der Waals surface area contributed by atoms with Crippen molar-refractivity contribution in [3.63, 3.8) is 0 Å². The molecule has 0 aliphatic carbocycles. The predicted octanol–water partition coefficient (Wildman–Crippen LogP) is 3.38. The molecule has 2 fully saturated rings. The molecule has 1 amide bonds. The molecule has 25 heavy (non-hydrogen) atoms. The van der Waals surface area contributed by atoms with Crippen LogP contribution >= 0.6 is 12.4 Å². The second-order valence-corrected chi connectivity index (χ2v) is 6.65. The van der Waals surface area contributed by atoms with Gasteiger partial charge in [-0.2, -0.15) is 0 Å². The van der Waals surface area contributed by atoms with Crippen LogP contribution in [-0.4, -0.2) is 23.0 Å². The van der Waals surface area contributed by atoms with Gasteiger partial charge in [0.05, 0.1) is 17.3 Å². The summed E-state index contributed by atoms with van der Waals surface area (Å²) in [5, 5.41) is 6.50. The monoisotopic (exact) mass is 361 g/mol. The summed E-state index contributed by atoms with van der Waals surface area (Å²) in [6.07, 6.45) is 5.41. The number of rotatable bonds is 2. The first-order valence-electron chi connectivity index (χ1n) is 8.44. The molecule has 2 saturated heterocycles. The Kier molecular flexibility index (Phi) is 5.06. The van der Waals surface area contributed by atoms with Gasteiger partial charge in [-0.05, 0) is 61.1 Å². The molecule has 2 N–H and O–H groups in total. The molecule has 2 aliphatic heterocycles. The Morgan fingerprint density at radius 2 is 1.92 bits per heavy atom. The summed E-state index contributed by atoms with van der Waals surface area (Å²) in [4.78, 5) is 16.8. The van der Waals surface area contributed by atoms with E-state index < -0.39 is 5.54 Å². The van der Waals surface area contributed by atoms with Gasteiger partial charge in [-0.1, -0.05) is 12.1 Å². The van der Waals surface area contributed by atoms with Crippen LogP contribution in [0.5, 0.6) is 0 Å². The number of carbonyl (C=O) groups is 1. The summed E-state index contributed by atoms with van der Waals surface area (Å²) < 4.78 is 13.1. The Morgan fingerprint density at radius 1 is 1.12 bits per heavy atom. The molecule has 1 aromatic heterocycles. The maximum Gasteiger partial charge on any atom is 0.240 e. The van der Waals surface area contributed by atoms with Gasteiger partial charge < -0.3 is 5.32 Å². The minimum atomic E-state index is -0.434. The Hall–Kier alpha value is -1.98. The molecule has 0 radical (unpaired) electrons. The maximum atomic E-state index is 13.1. The minimum absolute atomic E-state index is 0. The van der Waals surface area contributed by atoms with Crippen LogP contribution in [0.3, 0.4) is 0 Å². The number of nitrogens with one attached hydrogen (secondary N) is 2. The fraction of sp³-hybridized carbons (Fsp3) is 0.368. The molecular weight excluding hydrogens is 341 g/mol. The number of halogens is 2. The van der Waals surface area contributed by atoms with E-state index in [0.717, 1.165) is 49.0 Å². The molecule has 2 aliphatic rings. The zero-order valence-corrected chi connectivity index (χ0v) is 14.6. The standard InChI is InChI=1S/C19H20FN3O.ClH/c20-15-4-2-13(3-5-15)14-7-11-21-17(12-14)16-6-9-19(23-16)8-1-10-22-18(19)24;/h2-5,7,11-12,16,23H,1,6,8-10H2,(H,22,24);1H/t16-,19+;/m0./s1. The van der Waals surface area contributed by atoms with Crippen LogP contribution in [0.1, 0.15) is 37.4 Å². The van der Waals surface area contributed by atoms with Crippen molar-refractivity contribution in [3.05, 3.63) is 54.1 Å². The summed E-state index contributed by atoms with van der Waals surface area (Å²) in [7, 11) is 0. The predicted molar refractivity (Wildman–Crippen MR) is 97.0 cm³/mol. The van der Waals surface area contributed by atoms with Crippen LogP contribution in [-0.2, 0) is 4.79 Å². The van der Waals surface area contributed by atoms with E-state index in [-0.39, 0.29) is 30.2 Å². The number of hydrogen-bond acceptors (Lipinski definition) is 3. The van der Waals surface area contributed by atoms with Crippen LogP contribution in [0.2, 0.25) is 0 Å². The Bertz CT molecular complexity index is 768. The Balaban J connectivity index is 0.00000182. The lowest BCUT2D eigenvalue weighted by atomic mass is 9.88. The molecule has 2 atom stereocenters. The van der Waals surface area contributed by atoms with Gasteiger partial charge in [0.2, 0.25) is 5.91 Å². The first-order chi connectivity index (χ1) is 11.7. The molecule has 3 heterocycles. The van der Waals surface area contributed by atoms with Crippen molar-refractivity contribution in [2.24, 2.45) is 0 Å². The number of pyridine rings is 1. The number of hydrogen-bond donors (Lipinski definition) is 2. The first-order valence-corrected chi connectivity index (χ1v) is 8.44. The highest BCUT2D eigenvalue weighted by Crippen LogP contribution is 2.37. The third-order valence-electron chi connectivity index (χ3n) is 5.13. The van der Waals surface area contributed by atoms with E-state index in [9.17, 15) is 9.18 Å². The molecule has 0 saturated carbocycles. The van der Waals surface area contributed by atoms with Crippen molar-refractivity contribution in [1.29, 1.82) is 0 Å². The highest BCUT2D eigenvalue weighted by atomic mass is 35.5. The number of aromatic nitrogens is 1. The lowest BCUT2D eigenvalue weighted by Gasteiger charge is -2.33. The fourth-order valence-corrected chi connectivity index (χ4v) is 3.80. The van der Waals surface area contributed by atoms with E-state index in [2.05, 4.69) is 15.6 Å². The van der Waals surface area contributed by atoms with Crippen molar-refractivity contribution < 1.29 is 9.18 Å². The van der Waals surface area contributed by atoms with Crippen molar-refractivity contribution in [2.45, 2.75) is 37.3 Å². The van der Waals surface area contributed by atoms with E-state index in [1.54, 1.807) is 18.3 Å². The average molecular weight is 362 g/mol. The lowest BCUT2D eigenvalue weighted by Crippen LogP contribution is -2.57. The number of carbonyl (C=O) groups excluding carboxylic acids is 1. The van der Waals surface area contributed by atoms with Crippen LogP contribution in [0, 0.1) is 5.82 Å². The zero-order valence-electron chi connectivity index (χ0n) is 13.8. The molecule has 4 nitrogen and oxygen atoms in total. The van der Waals surface area contributed by atoms with Crippen molar-refractivity contribution >= 4 is 18.3 Å². The van der Waals surface area contributed by atoms with Gasteiger partial charge in [-0.3, -0.25) is 15.1 Å². The number of amides is 1. The van der Waals surface area contributed by atoms with E-state index in [1.165, 1.54) is 12.1 Å². The fourth-order valence-electron chi connectivity index (χ4n) is 3.80. The summed E-state index contributed by atoms with van der Waals surface area (Å²) in [6.45, 7) is 0.769. The number of nitrogens with zero attached hydrogens (tertiary/aromatic N) is 1. The first kappa shape index (κ1) is 17.8. The smallest absolute Gasteiger partial charge is 0.240 e. The number of benzene rings is 1. The summed E-state index contributed by atoms with van der Waals surface area (Å²) >= 11 is 0. The Labute approximate surface area is 152 Å². The largest absolute Gasteiger partial charge is 0.354 e. The highest BCUT2D eigenvalue weighted by Gasteiger charge is 2.46. The minimum Gasteiger partial charge on any atom is -0.354 e. The quantitative estimate of drug-likeness (QED) is 0.862. The summed E-state index contributed by atoms with van der Waals surface area (Å²) in [5.74, 6) is -0.123. The molecule has 0 bridgehead atoms. The molecule has 1 spiro atoms. The molecule has 0 unspecified atom stereocenters. The van der Waals surface area contributed by atoms with E-state index >= 15 is 0 Å². The third-order valence-corrected chi connectivity index (χ3v) is 5.13. The Morgan fingerprint density at radius 3 is 2.68 bits per heavy atom. The molecule has 4 rings (SSSR count). The van der Waals surface area contributed by atoms with Gasteiger partial charge in [0.1, 0.15) is 5.82 Å². The van der Waals surface area contributed by atoms with Crippen LogP contribution in [0.15, 0.2) is 42.6 Å². The van der Waals surface area contributed by atoms with Crippen molar-refractivity contribution in [3.8, 4) is 11.1 Å². The average Bonchev–Trinajstić information content (AvgIpc) is 3.04. The molecule has 6 heteroatoms. The highest BCUT2D eigenvalue weighted by molar-refractivity contribution is 5.87. The van der Waals surface area contributed by atoms with E-state index in [1.807, 2.05) is 12.1 Å². The summed E-state index contributed by atoms with van der Waals surface area (Å²) in [6, 6.07) is 10.5. The van der Waals surface area contributed by atoms with Gasteiger partial charge in [-0.25, -0.2) is 4.39 Å². The van der Waals surface area contributed by atoms with Crippen molar-refractivity contribution in [1.82, 2.24) is 15.6 Å². The van der Waals surface area contributed by atoms with Gasteiger partial charge in [0.15, 0.2) is 0 Å². The van der Waals surface area contributed by atoms with E-state index in [4.69, 9.17) is 0 Å². The second-order valence-electron chi connectivity index (χ2n) is 6.65. The van der Waals surface area contributed by atoms with Crippen LogP contribution < -0.4 is 10.6 Å². The maximum absolute atomic E-state index is 13.1. The number of piperidine rings is 1. The van der Waals surface area contributed by atoms with E-state index in [0.29, 0.717) is 0 Å². The molecule has 132 valence electrons.